The minimum Gasteiger partial charge on any atom is -0.486 e. The van der Waals surface area contributed by atoms with E-state index in [2.05, 4.69) is 0 Å². The summed E-state index contributed by atoms with van der Waals surface area (Å²) < 4.78 is 60.1. The zero-order chi connectivity index (χ0) is 23.5. The van der Waals surface area contributed by atoms with E-state index in [1.807, 2.05) is 6.07 Å². The molecule has 0 amide bonds. The topological polar surface area (TPSA) is 108 Å². The molecule has 2 N–H and O–H groups in total. The molecule has 10 heteroatoms. The second-order valence-corrected chi connectivity index (χ2v) is 6.73. The Kier molecular flexibility index (Phi) is 6.48. The molecule has 2 aromatic rings. The highest BCUT2D eigenvalue weighted by Gasteiger charge is 2.38. The SMILES string of the molecule is CCOC(=O)C1=C(C)OC(N)=C(C#N)[C@H]1c1ccc(COc2cccc(C(F)(F)F)c2)o1. The average Bonchev–Trinajstić information content (AvgIpc) is 3.20. The van der Waals surface area contributed by atoms with Gasteiger partial charge in [0.1, 0.15) is 41.3 Å². The van der Waals surface area contributed by atoms with Gasteiger partial charge < -0.3 is 24.4 Å². The van der Waals surface area contributed by atoms with Gasteiger partial charge in [-0.1, -0.05) is 6.07 Å². The maximum atomic E-state index is 12.9. The number of nitriles is 1. The van der Waals surface area contributed by atoms with Crippen LogP contribution < -0.4 is 10.5 Å². The van der Waals surface area contributed by atoms with E-state index >= 15 is 0 Å². The van der Waals surface area contributed by atoms with Gasteiger partial charge in [-0.3, -0.25) is 0 Å². The lowest BCUT2D eigenvalue weighted by atomic mass is 9.87. The Morgan fingerprint density at radius 2 is 2.03 bits per heavy atom. The number of ether oxygens (including phenoxy) is 3. The summed E-state index contributed by atoms with van der Waals surface area (Å²) >= 11 is 0. The molecule has 32 heavy (non-hydrogen) atoms. The fourth-order valence-corrected chi connectivity index (χ4v) is 3.18. The highest BCUT2D eigenvalue weighted by Crippen LogP contribution is 2.40. The van der Waals surface area contributed by atoms with Crippen molar-refractivity contribution in [2.24, 2.45) is 5.73 Å². The summed E-state index contributed by atoms with van der Waals surface area (Å²) in [6.45, 7) is 3.08. The number of alkyl halides is 3. The minimum atomic E-state index is -4.49. The molecule has 1 aliphatic heterocycles. The van der Waals surface area contributed by atoms with Crippen molar-refractivity contribution in [3.8, 4) is 11.8 Å². The molecule has 0 aliphatic carbocycles. The largest absolute Gasteiger partial charge is 0.486 e. The number of hydrogen-bond donors (Lipinski definition) is 1. The molecule has 0 unspecified atom stereocenters. The second-order valence-electron chi connectivity index (χ2n) is 6.73. The quantitative estimate of drug-likeness (QED) is 0.647. The number of nitrogens with zero attached hydrogens (tertiary/aromatic N) is 1. The number of nitrogens with two attached hydrogens (primary N) is 1. The highest BCUT2D eigenvalue weighted by atomic mass is 19.4. The summed E-state index contributed by atoms with van der Waals surface area (Å²) in [5.41, 5.74) is 5.03. The molecule has 0 radical (unpaired) electrons. The van der Waals surface area contributed by atoms with Crippen LogP contribution in [0.15, 0.2) is 63.6 Å². The third-order valence-electron chi connectivity index (χ3n) is 4.61. The van der Waals surface area contributed by atoms with Gasteiger partial charge in [0.05, 0.1) is 23.7 Å². The Hall–Kier alpha value is -3.87. The zero-order valence-electron chi connectivity index (χ0n) is 17.2. The smallest absolute Gasteiger partial charge is 0.416 e. The lowest BCUT2D eigenvalue weighted by Gasteiger charge is -2.25. The maximum Gasteiger partial charge on any atom is 0.416 e. The van der Waals surface area contributed by atoms with Crippen LogP contribution in [0.1, 0.15) is 36.8 Å². The van der Waals surface area contributed by atoms with E-state index in [9.17, 15) is 23.2 Å². The average molecular weight is 448 g/mol. The Labute approximate surface area is 181 Å². The molecular weight excluding hydrogens is 429 g/mol. The molecular formula is C22H19F3N2O5. The molecule has 0 bridgehead atoms. The van der Waals surface area contributed by atoms with Crippen molar-refractivity contribution < 1.29 is 36.6 Å². The zero-order valence-corrected chi connectivity index (χ0v) is 17.2. The van der Waals surface area contributed by atoms with Gasteiger partial charge >= 0.3 is 12.1 Å². The number of carbonyl (C=O) groups excluding carboxylic acids is 1. The first-order chi connectivity index (χ1) is 15.2. The van der Waals surface area contributed by atoms with Crippen LogP contribution in [-0.4, -0.2) is 12.6 Å². The Morgan fingerprint density at radius 1 is 1.28 bits per heavy atom. The van der Waals surface area contributed by atoms with Gasteiger partial charge in [-0.05, 0) is 44.2 Å². The van der Waals surface area contributed by atoms with Gasteiger partial charge in [0.15, 0.2) is 0 Å². The summed E-state index contributed by atoms with van der Waals surface area (Å²) in [5, 5.41) is 9.56. The van der Waals surface area contributed by atoms with Gasteiger partial charge in [-0.15, -0.1) is 0 Å². The number of halogens is 3. The van der Waals surface area contributed by atoms with Crippen molar-refractivity contribution in [3.63, 3.8) is 0 Å². The van der Waals surface area contributed by atoms with Crippen molar-refractivity contribution in [2.75, 3.05) is 6.61 Å². The predicted octanol–water partition coefficient (Wildman–Crippen LogP) is 4.52. The maximum absolute atomic E-state index is 12.9. The number of benzene rings is 1. The molecule has 3 rings (SSSR count). The molecule has 168 valence electrons. The van der Waals surface area contributed by atoms with E-state index in [-0.39, 0.29) is 53.3 Å². The third kappa shape index (κ3) is 4.72. The molecule has 1 aromatic carbocycles. The first-order valence-electron chi connectivity index (χ1n) is 9.49. The summed E-state index contributed by atoms with van der Waals surface area (Å²) in [6, 6.07) is 9.43. The third-order valence-corrected chi connectivity index (χ3v) is 4.61. The molecule has 1 atom stereocenters. The van der Waals surface area contributed by atoms with Gasteiger partial charge in [0, 0.05) is 0 Å². The molecule has 1 aromatic heterocycles. The van der Waals surface area contributed by atoms with Gasteiger partial charge in [0.2, 0.25) is 5.88 Å². The minimum absolute atomic E-state index is 0.00801. The van der Waals surface area contributed by atoms with Crippen LogP contribution in [0, 0.1) is 11.3 Å². The van der Waals surface area contributed by atoms with E-state index in [0.717, 1.165) is 12.1 Å². The number of rotatable bonds is 6. The predicted molar refractivity (Wildman–Crippen MR) is 104 cm³/mol. The van der Waals surface area contributed by atoms with Crippen LogP contribution in [0.5, 0.6) is 5.75 Å². The second kappa shape index (κ2) is 9.09. The molecule has 0 spiro atoms. The molecule has 1 aliphatic rings. The fourth-order valence-electron chi connectivity index (χ4n) is 3.18. The summed E-state index contributed by atoms with van der Waals surface area (Å²) in [6.07, 6.45) is -4.49. The number of carbonyl (C=O) groups is 1. The van der Waals surface area contributed by atoms with Crippen LogP contribution in [0.25, 0.3) is 0 Å². The van der Waals surface area contributed by atoms with Crippen molar-refractivity contribution in [1.29, 1.82) is 5.26 Å². The fraction of sp³-hybridized carbons (Fsp3) is 0.273. The standard InChI is InChI=1S/C22H19F3N2O5/c1-3-29-21(28)18-12(2)31-20(27)16(10-26)19(18)17-8-7-15(32-17)11-30-14-6-4-5-13(9-14)22(23,24)25/h4-9,19H,3,11,27H2,1-2H3/t19-/m0/s1. The van der Waals surface area contributed by atoms with Crippen LogP contribution in [0.4, 0.5) is 13.2 Å². The first kappa shape index (κ1) is 22.8. The first-order valence-corrected chi connectivity index (χ1v) is 9.49. The van der Waals surface area contributed by atoms with E-state index in [0.29, 0.717) is 0 Å². The van der Waals surface area contributed by atoms with Crippen molar-refractivity contribution in [1.82, 2.24) is 0 Å². The van der Waals surface area contributed by atoms with Gasteiger partial charge in [-0.2, -0.15) is 18.4 Å². The van der Waals surface area contributed by atoms with E-state index in [1.165, 1.54) is 31.2 Å². The molecule has 0 fully saturated rings. The monoisotopic (exact) mass is 448 g/mol. The van der Waals surface area contributed by atoms with E-state index in [4.69, 9.17) is 24.4 Å². The summed E-state index contributed by atoms with van der Waals surface area (Å²) in [7, 11) is 0. The molecule has 7 nitrogen and oxygen atoms in total. The lowest BCUT2D eigenvalue weighted by molar-refractivity contribution is -0.139. The number of hydrogen-bond acceptors (Lipinski definition) is 7. The number of esters is 1. The summed E-state index contributed by atoms with van der Waals surface area (Å²) in [4.78, 5) is 12.5. The van der Waals surface area contributed by atoms with E-state index in [1.54, 1.807) is 6.92 Å². The highest BCUT2D eigenvalue weighted by molar-refractivity contribution is 5.92. The van der Waals surface area contributed by atoms with Crippen LogP contribution in [-0.2, 0) is 27.1 Å². The Bertz CT molecular complexity index is 1130. The molecule has 0 saturated heterocycles. The van der Waals surface area contributed by atoms with Gasteiger partial charge in [-0.25, -0.2) is 4.79 Å². The number of furan rings is 1. The summed E-state index contributed by atoms with van der Waals surface area (Å²) in [5.74, 6) is -1.17. The normalized spacial score (nSPS) is 16.4. The Balaban J connectivity index is 1.86. The Morgan fingerprint density at radius 3 is 2.69 bits per heavy atom. The van der Waals surface area contributed by atoms with Gasteiger partial charge in [0.25, 0.3) is 0 Å². The van der Waals surface area contributed by atoms with Crippen LogP contribution in [0.2, 0.25) is 0 Å². The van der Waals surface area contributed by atoms with E-state index < -0.39 is 23.6 Å². The molecule has 2 heterocycles. The van der Waals surface area contributed by atoms with Crippen LogP contribution >= 0.6 is 0 Å². The number of allylic oxidation sites excluding steroid dienone is 2. The van der Waals surface area contributed by atoms with Crippen LogP contribution in [0.3, 0.4) is 0 Å². The molecule has 0 saturated carbocycles. The van der Waals surface area contributed by atoms with Crippen molar-refractivity contribution in [3.05, 3.63) is 76.3 Å². The lowest BCUT2D eigenvalue weighted by Crippen LogP contribution is -2.25. The van der Waals surface area contributed by atoms with Crippen molar-refractivity contribution in [2.45, 2.75) is 32.5 Å². The van der Waals surface area contributed by atoms with Crippen molar-refractivity contribution >= 4 is 5.97 Å².